The Hall–Kier alpha value is -2.24. The quantitative estimate of drug-likeness (QED) is 0.845. The number of sulfonamides is 1. The number of nitrogens with zero attached hydrogens (tertiary/aromatic N) is 2. The summed E-state index contributed by atoms with van der Waals surface area (Å²) in [6.45, 7) is 5.15. The van der Waals surface area contributed by atoms with E-state index in [1.807, 2.05) is 6.07 Å². The van der Waals surface area contributed by atoms with Crippen LogP contribution in [0.4, 0.5) is 4.39 Å². The van der Waals surface area contributed by atoms with Crippen LogP contribution in [0.2, 0.25) is 0 Å². The number of aromatic nitrogens is 1. The zero-order valence-corrected chi connectivity index (χ0v) is 15.1. The van der Waals surface area contributed by atoms with Crippen LogP contribution in [-0.2, 0) is 15.4 Å². The van der Waals surface area contributed by atoms with Gasteiger partial charge in [0.05, 0.1) is 11.8 Å². The molecular formula is C17H20FN3O3S. The summed E-state index contributed by atoms with van der Waals surface area (Å²) < 4.78 is 40.7. The molecule has 0 spiro atoms. The minimum absolute atomic E-state index is 0.0266. The first kappa shape index (κ1) is 19.1. The van der Waals surface area contributed by atoms with Crippen LogP contribution in [0.3, 0.4) is 0 Å². The highest BCUT2D eigenvalue weighted by molar-refractivity contribution is 7.90. The predicted molar refractivity (Wildman–Crippen MR) is 91.3 cm³/mol. The van der Waals surface area contributed by atoms with Gasteiger partial charge in [0.2, 0.25) is 15.9 Å². The highest BCUT2D eigenvalue weighted by Crippen LogP contribution is 2.37. The van der Waals surface area contributed by atoms with Gasteiger partial charge in [-0.3, -0.25) is 0 Å². The maximum Gasteiger partial charge on any atom is 0.228 e. The lowest BCUT2D eigenvalue weighted by Gasteiger charge is -2.31. The van der Waals surface area contributed by atoms with Crippen molar-refractivity contribution in [2.24, 2.45) is 5.14 Å². The molecular weight excluding hydrogens is 345 g/mol. The number of hydrogen-bond donors (Lipinski definition) is 1. The molecule has 0 amide bonds. The molecule has 134 valence electrons. The van der Waals surface area contributed by atoms with Crippen LogP contribution in [0.15, 0.2) is 34.9 Å². The average Bonchev–Trinajstić information content (AvgIpc) is 3.03. The van der Waals surface area contributed by atoms with E-state index in [0.717, 1.165) is 0 Å². The molecule has 8 heteroatoms. The van der Waals surface area contributed by atoms with E-state index in [-0.39, 0.29) is 24.5 Å². The number of benzene rings is 1. The molecule has 0 bridgehead atoms. The van der Waals surface area contributed by atoms with E-state index in [1.165, 1.54) is 30.5 Å². The average molecular weight is 365 g/mol. The van der Waals surface area contributed by atoms with Crippen molar-refractivity contribution in [3.8, 4) is 17.5 Å². The maximum atomic E-state index is 13.0. The monoisotopic (exact) mass is 365 g/mol. The normalized spacial score (nSPS) is 14.7. The Bertz CT molecular complexity index is 898. The van der Waals surface area contributed by atoms with Crippen molar-refractivity contribution >= 4 is 10.0 Å². The van der Waals surface area contributed by atoms with E-state index in [9.17, 15) is 18.1 Å². The van der Waals surface area contributed by atoms with E-state index in [4.69, 9.17) is 9.56 Å². The van der Waals surface area contributed by atoms with Crippen LogP contribution in [-0.4, -0.2) is 18.1 Å². The molecule has 0 saturated heterocycles. The van der Waals surface area contributed by atoms with Gasteiger partial charge in [0.15, 0.2) is 4.75 Å². The van der Waals surface area contributed by atoms with Gasteiger partial charge in [0, 0.05) is 11.0 Å². The second-order valence-corrected chi connectivity index (χ2v) is 8.48. The first-order valence-electron chi connectivity index (χ1n) is 7.70. The summed E-state index contributed by atoms with van der Waals surface area (Å²) >= 11 is 0. The Morgan fingerprint density at radius 1 is 1.32 bits per heavy atom. The lowest BCUT2D eigenvalue weighted by Crippen LogP contribution is -2.46. The number of hydrogen-bond acceptors (Lipinski definition) is 5. The van der Waals surface area contributed by atoms with Crippen LogP contribution < -0.4 is 5.14 Å². The molecule has 1 aromatic heterocycles. The van der Waals surface area contributed by atoms with Crippen molar-refractivity contribution in [3.63, 3.8) is 0 Å². The van der Waals surface area contributed by atoms with Crippen LogP contribution >= 0.6 is 0 Å². The van der Waals surface area contributed by atoms with E-state index in [2.05, 4.69) is 4.98 Å². The Kier molecular flexibility index (Phi) is 5.02. The van der Waals surface area contributed by atoms with Crippen LogP contribution in [0.25, 0.3) is 11.5 Å². The smallest absolute Gasteiger partial charge is 0.228 e. The molecule has 1 unspecified atom stereocenters. The number of rotatable bonds is 6. The molecule has 1 atom stereocenters. The number of oxazole rings is 1. The van der Waals surface area contributed by atoms with E-state index < -0.39 is 20.2 Å². The summed E-state index contributed by atoms with van der Waals surface area (Å²) in [6.07, 6.45) is 1.45. The van der Waals surface area contributed by atoms with Crippen LogP contribution in [0, 0.1) is 17.1 Å². The molecule has 0 aliphatic heterocycles. The standard InChI is InChI=1S/C17H20FN3O3S/c1-4-17(11-19,25(20,22)23)10-16(2,3)14-9-24-15(21-14)12-5-7-13(18)8-6-12/h5-9H,4,10H2,1-3H3,(H2,20,22,23). The van der Waals surface area contributed by atoms with Gasteiger partial charge in [0.25, 0.3) is 0 Å². The highest BCUT2D eigenvalue weighted by atomic mass is 32.2. The van der Waals surface area contributed by atoms with Gasteiger partial charge in [-0.15, -0.1) is 0 Å². The van der Waals surface area contributed by atoms with Gasteiger partial charge >= 0.3 is 0 Å². The van der Waals surface area contributed by atoms with E-state index >= 15 is 0 Å². The third-order valence-electron chi connectivity index (χ3n) is 4.34. The van der Waals surface area contributed by atoms with Gasteiger partial charge < -0.3 is 4.42 Å². The number of halogens is 1. The Labute approximate surface area is 146 Å². The summed E-state index contributed by atoms with van der Waals surface area (Å²) in [7, 11) is -4.08. The topological polar surface area (TPSA) is 110 Å². The van der Waals surface area contributed by atoms with Crippen molar-refractivity contribution in [1.29, 1.82) is 5.26 Å². The fraction of sp³-hybridized carbons (Fsp3) is 0.412. The number of primary sulfonamides is 1. The zero-order chi connectivity index (χ0) is 18.9. The molecule has 0 radical (unpaired) electrons. The van der Waals surface area contributed by atoms with Crippen LogP contribution in [0.5, 0.6) is 0 Å². The van der Waals surface area contributed by atoms with Gasteiger partial charge in [-0.2, -0.15) is 5.26 Å². The first-order valence-corrected chi connectivity index (χ1v) is 9.25. The lowest BCUT2D eigenvalue weighted by atomic mass is 9.79. The third-order valence-corrected chi connectivity index (χ3v) is 5.95. The van der Waals surface area contributed by atoms with Gasteiger partial charge in [-0.1, -0.05) is 20.8 Å². The predicted octanol–water partition coefficient (Wildman–Crippen LogP) is 3.11. The largest absolute Gasteiger partial charge is 0.444 e. The fourth-order valence-corrected chi connectivity index (χ4v) is 3.81. The van der Waals surface area contributed by atoms with Crippen molar-refractivity contribution in [1.82, 2.24) is 4.98 Å². The molecule has 2 N–H and O–H groups in total. The van der Waals surface area contributed by atoms with Crippen molar-refractivity contribution < 1.29 is 17.2 Å². The maximum absolute atomic E-state index is 13.0. The number of nitriles is 1. The second kappa shape index (κ2) is 6.58. The van der Waals surface area contributed by atoms with E-state index in [1.54, 1.807) is 20.8 Å². The van der Waals surface area contributed by atoms with Crippen LogP contribution in [0.1, 0.15) is 39.3 Å². The summed E-state index contributed by atoms with van der Waals surface area (Å²) in [4.78, 5) is 4.38. The third kappa shape index (κ3) is 3.72. The minimum atomic E-state index is -4.08. The Morgan fingerprint density at radius 3 is 2.40 bits per heavy atom. The molecule has 25 heavy (non-hydrogen) atoms. The molecule has 1 aromatic carbocycles. The summed E-state index contributed by atoms with van der Waals surface area (Å²) in [6, 6.07) is 7.52. The number of nitrogens with two attached hydrogens (primary N) is 1. The van der Waals surface area contributed by atoms with Gasteiger partial charge in [0.1, 0.15) is 12.1 Å². The molecule has 2 aromatic rings. The summed E-state index contributed by atoms with van der Waals surface area (Å²) in [5.74, 6) is -0.0801. The lowest BCUT2D eigenvalue weighted by molar-refractivity contribution is 0.399. The molecule has 0 saturated carbocycles. The molecule has 6 nitrogen and oxygen atoms in total. The van der Waals surface area contributed by atoms with E-state index in [0.29, 0.717) is 11.3 Å². The van der Waals surface area contributed by atoms with Crippen molar-refractivity contribution in [3.05, 3.63) is 42.0 Å². The minimum Gasteiger partial charge on any atom is -0.444 e. The SMILES string of the molecule is CCC(C#N)(CC(C)(C)c1coc(-c2ccc(F)cc2)n1)S(N)(=O)=O. The first-order chi connectivity index (χ1) is 11.5. The highest BCUT2D eigenvalue weighted by Gasteiger charge is 2.46. The zero-order valence-electron chi connectivity index (χ0n) is 14.3. The van der Waals surface area contributed by atoms with Crippen molar-refractivity contribution in [2.75, 3.05) is 0 Å². The molecule has 2 rings (SSSR count). The Balaban J connectivity index is 2.37. The fourth-order valence-electron chi connectivity index (χ4n) is 2.72. The van der Waals surface area contributed by atoms with Gasteiger partial charge in [-0.25, -0.2) is 22.9 Å². The molecule has 1 heterocycles. The molecule has 0 aliphatic rings. The molecule has 0 aliphatic carbocycles. The molecule has 0 fully saturated rings. The summed E-state index contributed by atoms with van der Waals surface area (Å²) in [5, 5.41) is 14.7. The Morgan fingerprint density at radius 2 is 1.92 bits per heavy atom. The summed E-state index contributed by atoms with van der Waals surface area (Å²) in [5.41, 5.74) is 0.306. The van der Waals surface area contributed by atoms with Gasteiger partial charge in [-0.05, 0) is 37.1 Å². The van der Waals surface area contributed by atoms with Crippen molar-refractivity contribution in [2.45, 2.75) is 43.8 Å². The second-order valence-electron chi connectivity index (χ2n) is 6.61.